The molecule has 0 radical (unpaired) electrons. The van der Waals surface area contributed by atoms with Crippen molar-refractivity contribution in [1.29, 1.82) is 0 Å². The number of nitrogens with zero attached hydrogens (tertiary/aromatic N) is 1. The summed E-state index contributed by atoms with van der Waals surface area (Å²) in [6.45, 7) is 0.697. The van der Waals surface area contributed by atoms with Gasteiger partial charge in [0.2, 0.25) is 5.95 Å². The van der Waals surface area contributed by atoms with Crippen LogP contribution in [0.1, 0.15) is 5.56 Å². The second kappa shape index (κ2) is 4.76. The summed E-state index contributed by atoms with van der Waals surface area (Å²) in [7, 11) is 0. The third-order valence-electron chi connectivity index (χ3n) is 2.13. The third-order valence-corrected chi connectivity index (χ3v) is 2.47. The maximum Gasteiger partial charge on any atom is 0.201 e. The Kier molecular flexibility index (Phi) is 3.16. The second-order valence-corrected chi connectivity index (χ2v) is 3.76. The number of nitrogen functional groups attached to an aromatic ring is 1. The molecule has 16 heavy (non-hydrogen) atoms. The number of aromatic amines is 1. The molecule has 1 aromatic heterocycles. The first-order valence-corrected chi connectivity index (χ1v) is 5.29. The molecule has 0 amide bonds. The van der Waals surface area contributed by atoms with E-state index in [0.29, 0.717) is 22.8 Å². The zero-order valence-electron chi connectivity index (χ0n) is 8.60. The molecule has 2 aromatic rings. The zero-order chi connectivity index (χ0) is 11.4. The highest BCUT2D eigenvalue weighted by Crippen LogP contribution is 2.06. The smallest absolute Gasteiger partial charge is 0.201 e. The van der Waals surface area contributed by atoms with Crippen LogP contribution in [0.3, 0.4) is 0 Å². The molecule has 0 saturated carbocycles. The van der Waals surface area contributed by atoms with E-state index in [4.69, 9.17) is 18.0 Å². The van der Waals surface area contributed by atoms with Crippen molar-refractivity contribution in [2.24, 2.45) is 0 Å². The van der Waals surface area contributed by atoms with E-state index in [-0.39, 0.29) is 0 Å². The predicted octanol–water partition coefficient (Wildman–Crippen LogP) is 2.33. The molecule has 2 rings (SSSR count). The number of nitrogens with one attached hydrogen (secondary N) is 2. The lowest BCUT2D eigenvalue weighted by atomic mass is 10.2. The highest BCUT2D eigenvalue weighted by Gasteiger charge is 1.96. The van der Waals surface area contributed by atoms with E-state index in [0.717, 1.165) is 0 Å². The van der Waals surface area contributed by atoms with Gasteiger partial charge < -0.3 is 16.0 Å². The van der Waals surface area contributed by atoms with E-state index in [1.807, 2.05) is 30.3 Å². The fourth-order valence-corrected chi connectivity index (χ4v) is 1.43. The molecule has 0 bridgehead atoms. The van der Waals surface area contributed by atoms with E-state index in [2.05, 4.69) is 15.3 Å². The minimum atomic E-state index is 0.486. The number of nitrogens with two attached hydrogens (primary N) is 1. The molecule has 1 heterocycles. The number of anilines is 2. The predicted molar refractivity (Wildman–Crippen MR) is 67.6 cm³/mol. The van der Waals surface area contributed by atoms with Crippen LogP contribution in [-0.4, -0.2) is 9.97 Å². The molecule has 4 N–H and O–H groups in total. The van der Waals surface area contributed by atoms with Crippen molar-refractivity contribution in [3.8, 4) is 0 Å². The normalized spacial score (nSPS) is 10.0. The van der Waals surface area contributed by atoms with Gasteiger partial charge in [0, 0.05) is 6.54 Å². The van der Waals surface area contributed by atoms with E-state index in [1.54, 1.807) is 6.20 Å². The summed E-state index contributed by atoms with van der Waals surface area (Å²) in [5.41, 5.74) is 7.24. The topological polar surface area (TPSA) is 66.7 Å². The Hall–Kier alpha value is -1.88. The van der Waals surface area contributed by atoms with Crippen molar-refractivity contribution in [2.75, 3.05) is 11.1 Å². The fraction of sp³-hybridized carbons (Fsp3) is 0.0909. The number of benzene rings is 1. The minimum Gasteiger partial charge on any atom is -0.395 e. The quantitative estimate of drug-likeness (QED) is 0.711. The standard InChI is InChI=1S/C11H12N4S/c12-9-7-14-11(15-10(9)16)13-6-8-4-2-1-3-5-8/h1-5,7H,6,12H2,(H2,13,14,15,16). The molecule has 0 fully saturated rings. The van der Waals surface area contributed by atoms with Crippen molar-refractivity contribution in [1.82, 2.24) is 9.97 Å². The molecule has 1 aromatic carbocycles. The van der Waals surface area contributed by atoms with Gasteiger partial charge in [0.05, 0.1) is 11.9 Å². The lowest BCUT2D eigenvalue weighted by Crippen LogP contribution is -2.04. The lowest BCUT2D eigenvalue weighted by Gasteiger charge is -2.05. The highest BCUT2D eigenvalue weighted by molar-refractivity contribution is 7.71. The molecule has 82 valence electrons. The molecule has 0 aliphatic carbocycles. The Morgan fingerprint density at radius 3 is 2.75 bits per heavy atom. The SMILES string of the molecule is Nc1cnc(NCc2ccccc2)[nH]c1=S. The number of aromatic nitrogens is 2. The number of hydrogen-bond acceptors (Lipinski definition) is 4. The van der Waals surface area contributed by atoms with Crippen LogP contribution < -0.4 is 11.1 Å². The van der Waals surface area contributed by atoms with Crippen LogP contribution in [0.25, 0.3) is 0 Å². The lowest BCUT2D eigenvalue weighted by molar-refractivity contribution is 1.05. The summed E-state index contributed by atoms with van der Waals surface area (Å²) in [6, 6.07) is 10.1. The van der Waals surface area contributed by atoms with Crippen LogP contribution in [-0.2, 0) is 6.54 Å². The van der Waals surface area contributed by atoms with Crippen molar-refractivity contribution < 1.29 is 0 Å². The molecular weight excluding hydrogens is 220 g/mol. The summed E-state index contributed by atoms with van der Waals surface area (Å²) in [5.74, 6) is 0.628. The molecule has 0 saturated heterocycles. The van der Waals surface area contributed by atoms with Gasteiger partial charge >= 0.3 is 0 Å². The van der Waals surface area contributed by atoms with Gasteiger partial charge in [0.15, 0.2) is 0 Å². The Labute approximate surface area is 98.5 Å². The average molecular weight is 232 g/mol. The summed E-state index contributed by atoms with van der Waals surface area (Å²) in [5, 5.41) is 3.14. The van der Waals surface area contributed by atoms with Crippen molar-refractivity contribution in [3.05, 3.63) is 46.7 Å². The molecule has 5 heteroatoms. The number of rotatable bonds is 3. The molecule has 0 atom stereocenters. The summed E-state index contributed by atoms with van der Waals surface area (Å²) >= 11 is 5.01. The zero-order valence-corrected chi connectivity index (χ0v) is 9.42. The van der Waals surface area contributed by atoms with Crippen LogP contribution in [0.15, 0.2) is 36.5 Å². The van der Waals surface area contributed by atoms with Gasteiger partial charge in [-0.3, -0.25) is 0 Å². The highest BCUT2D eigenvalue weighted by atomic mass is 32.1. The van der Waals surface area contributed by atoms with Gasteiger partial charge in [-0.25, -0.2) is 4.98 Å². The van der Waals surface area contributed by atoms with Crippen molar-refractivity contribution in [3.63, 3.8) is 0 Å². The molecule has 0 aliphatic heterocycles. The van der Waals surface area contributed by atoms with E-state index < -0.39 is 0 Å². The van der Waals surface area contributed by atoms with E-state index in [1.165, 1.54) is 5.56 Å². The maximum absolute atomic E-state index is 5.57. The van der Waals surface area contributed by atoms with E-state index >= 15 is 0 Å². The number of hydrogen-bond donors (Lipinski definition) is 3. The first kappa shape index (κ1) is 10.6. The van der Waals surface area contributed by atoms with Crippen LogP contribution in [0, 0.1) is 4.64 Å². The second-order valence-electron chi connectivity index (χ2n) is 3.36. The Morgan fingerprint density at radius 2 is 2.06 bits per heavy atom. The van der Waals surface area contributed by atoms with Crippen molar-refractivity contribution in [2.45, 2.75) is 6.54 Å². The molecule has 0 unspecified atom stereocenters. The van der Waals surface area contributed by atoms with E-state index in [9.17, 15) is 0 Å². The Balaban J connectivity index is 2.05. The minimum absolute atomic E-state index is 0.486. The van der Waals surface area contributed by atoms with Gasteiger partial charge in [-0.15, -0.1) is 0 Å². The largest absolute Gasteiger partial charge is 0.395 e. The van der Waals surface area contributed by atoms with Gasteiger partial charge in [0.25, 0.3) is 0 Å². The number of H-pyrrole nitrogens is 1. The first-order chi connectivity index (χ1) is 7.75. The van der Waals surface area contributed by atoms with Gasteiger partial charge in [-0.05, 0) is 5.56 Å². The van der Waals surface area contributed by atoms with Crippen molar-refractivity contribution >= 4 is 23.9 Å². The van der Waals surface area contributed by atoms with Crippen LogP contribution in [0.2, 0.25) is 0 Å². The summed E-state index contributed by atoms with van der Waals surface area (Å²) in [6.07, 6.45) is 1.55. The maximum atomic E-state index is 5.57. The molecule has 4 nitrogen and oxygen atoms in total. The monoisotopic (exact) mass is 232 g/mol. The molecule has 0 aliphatic rings. The Bertz CT molecular complexity index is 521. The summed E-state index contributed by atoms with van der Waals surface area (Å²) < 4.78 is 0.505. The van der Waals surface area contributed by atoms with Gasteiger partial charge in [0.1, 0.15) is 4.64 Å². The fourth-order valence-electron chi connectivity index (χ4n) is 1.28. The first-order valence-electron chi connectivity index (χ1n) is 4.88. The molecule has 0 spiro atoms. The van der Waals surface area contributed by atoms with Gasteiger partial charge in [-0.1, -0.05) is 42.5 Å². The van der Waals surface area contributed by atoms with Crippen LogP contribution in [0.4, 0.5) is 11.6 Å². The Morgan fingerprint density at radius 1 is 1.31 bits per heavy atom. The van der Waals surface area contributed by atoms with Crippen LogP contribution >= 0.6 is 12.2 Å². The van der Waals surface area contributed by atoms with Gasteiger partial charge in [-0.2, -0.15) is 0 Å². The third kappa shape index (κ3) is 2.58. The molecular formula is C11H12N4S. The summed E-state index contributed by atoms with van der Waals surface area (Å²) in [4.78, 5) is 7.01. The average Bonchev–Trinajstić information content (AvgIpc) is 2.32. The van der Waals surface area contributed by atoms with Crippen LogP contribution in [0.5, 0.6) is 0 Å².